The highest BCUT2D eigenvalue weighted by Gasteiger charge is 2.28. The Morgan fingerprint density at radius 2 is 1.66 bits per heavy atom. The summed E-state index contributed by atoms with van der Waals surface area (Å²) in [7, 11) is -4.06. The Morgan fingerprint density at radius 1 is 1.06 bits per heavy atom. The molecule has 1 amide bonds. The van der Waals surface area contributed by atoms with Crippen LogP contribution in [0.5, 0.6) is 0 Å². The van der Waals surface area contributed by atoms with Gasteiger partial charge in [0.25, 0.3) is 15.7 Å². The Hall–Kier alpha value is -3.92. The summed E-state index contributed by atoms with van der Waals surface area (Å²) in [6.45, 7) is 1.81. The van der Waals surface area contributed by atoms with E-state index in [2.05, 4.69) is 5.32 Å². The van der Waals surface area contributed by atoms with Crippen molar-refractivity contribution in [3.63, 3.8) is 0 Å². The summed E-state index contributed by atoms with van der Waals surface area (Å²) in [6.07, 6.45) is 0. The molecule has 9 nitrogen and oxygen atoms in total. The van der Waals surface area contributed by atoms with Crippen molar-refractivity contribution in [3.05, 3.63) is 94.5 Å². The highest BCUT2D eigenvalue weighted by molar-refractivity contribution is 7.92. The molecule has 0 bridgehead atoms. The fourth-order valence-electron chi connectivity index (χ4n) is 3.28. The third kappa shape index (κ3) is 4.70. The minimum Gasteiger partial charge on any atom is -0.368 e. The van der Waals surface area contributed by atoms with E-state index in [0.717, 1.165) is 10.4 Å². The molecule has 3 aromatic rings. The summed E-state index contributed by atoms with van der Waals surface area (Å²) in [5.41, 5.74) is 5.94. The number of nitro groups is 1. The first-order chi connectivity index (χ1) is 15.3. The number of carbonyl (C=O) groups excluding carboxylic acids is 1. The van der Waals surface area contributed by atoms with Gasteiger partial charge in [-0.05, 0) is 36.8 Å². The molecule has 10 heteroatoms. The number of amides is 1. The third-order valence-electron chi connectivity index (χ3n) is 4.80. The van der Waals surface area contributed by atoms with Gasteiger partial charge in [-0.25, -0.2) is 8.42 Å². The van der Waals surface area contributed by atoms with Crippen molar-refractivity contribution in [2.24, 2.45) is 5.73 Å². The van der Waals surface area contributed by atoms with Crippen molar-refractivity contribution >= 4 is 33.0 Å². The normalized spacial score (nSPS) is 12.0. The Balaban J connectivity index is 2.02. The molecule has 0 saturated heterocycles. The first kappa shape index (κ1) is 22.8. The molecule has 3 N–H and O–H groups in total. The molecule has 0 aromatic heterocycles. The van der Waals surface area contributed by atoms with Crippen LogP contribution in [0, 0.1) is 10.1 Å². The first-order valence-corrected chi connectivity index (χ1v) is 11.2. The molecule has 3 rings (SSSR count). The van der Waals surface area contributed by atoms with Gasteiger partial charge in [-0.1, -0.05) is 48.5 Å². The standard InChI is InChI=1S/C22H22N4O5S/c1-2-25(17-11-7-4-8-12-17)32(30,31)18-13-14-19(20(15-18)26(28)29)24-21(22(23)27)16-9-5-3-6-10-16/h3-15,21,24H,2H2,1H3,(H2,23,27). The maximum Gasteiger partial charge on any atom is 0.293 e. The summed E-state index contributed by atoms with van der Waals surface area (Å²) in [5.74, 6) is -0.733. The quantitative estimate of drug-likeness (QED) is 0.375. The van der Waals surface area contributed by atoms with Crippen molar-refractivity contribution in [1.82, 2.24) is 0 Å². The lowest BCUT2D eigenvalue weighted by atomic mass is 10.1. The zero-order valence-corrected chi connectivity index (χ0v) is 18.0. The number of rotatable bonds is 9. The molecule has 0 spiro atoms. The number of anilines is 2. The van der Waals surface area contributed by atoms with Crippen LogP contribution < -0.4 is 15.4 Å². The molecule has 0 aliphatic carbocycles. The van der Waals surface area contributed by atoms with Crippen LogP contribution in [0.15, 0.2) is 83.8 Å². The van der Waals surface area contributed by atoms with E-state index in [4.69, 9.17) is 5.73 Å². The molecule has 1 unspecified atom stereocenters. The molecule has 0 heterocycles. The lowest BCUT2D eigenvalue weighted by molar-refractivity contribution is -0.384. The Morgan fingerprint density at radius 3 is 2.19 bits per heavy atom. The van der Waals surface area contributed by atoms with Crippen LogP contribution in [0.3, 0.4) is 0 Å². The number of primary amides is 1. The Labute approximate surface area is 185 Å². The third-order valence-corrected chi connectivity index (χ3v) is 6.70. The van der Waals surface area contributed by atoms with Gasteiger partial charge in [0.15, 0.2) is 0 Å². The number of nitrogens with zero attached hydrogens (tertiary/aromatic N) is 2. The van der Waals surface area contributed by atoms with Crippen molar-refractivity contribution in [3.8, 4) is 0 Å². The first-order valence-electron chi connectivity index (χ1n) is 9.72. The summed E-state index contributed by atoms with van der Waals surface area (Å²) in [4.78, 5) is 22.8. The second-order valence-electron chi connectivity index (χ2n) is 6.83. The highest BCUT2D eigenvalue weighted by Crippen LogP contribution is 2.33. The number of hydrogen-bond acceptors (Lipinski definition) is 6. The van der Waals surface area contributed by atoms with E-state index in [1.807, 2.05) is 0 Å². The monoisotopic (exact) mass is 454 g/mol. The summed E-state index contributed by atoms with van der Waals surface area (Å²) in [5, 5.41) is 14.5. The molecule has 0 aliphatic heterocycles. The lowest BCUT2D eigenvalue weighted by Crippen LogP contribution is -2.31. The molecule has 166 valence electrons. The predicted molar refractivity (Wildman–Crippen MR) is 122 cm³/mol. The van der Waals surface area contributed by atoms with E-state index in [-0.39, 0.29) is 17.1 Å². The molecule has 1 atom stereocenters. The van der Waals surface area contributed by atoms with E-state index >= 15 is 0 Å². The van der Waals surface area contributed by atoms with Gasteiger partial charge in [-0.2, -0.15) is 0 Å². The zero-order chi connectivity index (χ0) is 23.3. The van der Waals surface area contributed by atoms with Crippen LogP contribution in [0.4, 0.5) is 17.1 Å². The number of nitrogens with two attached hydrogens (primary N) is 1. The SMILES string of the molecule is CCN(c1ccccc1)S(=O)(=O)c1ccc(NC(C(N)=O)c2ccccc2)c([N+](=O)[O-])c1. The molecule has 0 saturated carbocycles. The lowest BCUT2D eigenvalue weighted by Gasteiger charge is -2.23. The summed E-state index contributed by atoms with van der Waals surface area (Å²) < 4.78 is 27.6. The summed E-state index contributed by atoms with van der Waals surface area (Å²) in [6, 6.07) is 19.4. The predicted octanol–water partition coefficient (Wildman–Crippen LogP) is 3.45. The smallest absolute Gasteiger partial charge is 0.293 e. The average molecular weight is 455 g/mol. The molecule has 0 aliphatic rings. The van der Waals surface area contributed by atoms with E-state index < -0.39 is 32.6 Å². The van der Waals surface area contributed by atoms with Crippen molar-refractivity contribution in [2.75, 3.05) is 16.2 Å². The topological polar surface area (TPSA) is 136 Å². The number of para-hydroxylation sites is 1. The maximum atomic E-state index is 13.2. The largest absolute Gasteiger partial charge is 0.368 e. The zero-order valence-electron chi connectivity index (χ0n) is 17.2. The van der Waals surface area contributed by atoms with Crippen LogP contribution in [0.1, 0.15) is 18.5 Å². The highest BCUT2D eigenvalue weighted by atomic mass is 32.2. The van der Waals surface area contributed by atoms with Gasteiger partial charge in [0.05, 0.1) is 15.5 Å². The average Bonchev–Trinajstić information content (AvgIpc) is 2.78. The van der Waals surface area contributed by atoms with Gasteiger partial charge in [-0.3, -0.25) is 19.2 Å². The molecule has 0 radical (unpaired) electrons. The van der Waals surface area contributed by atoms with Crippen LogP contribution in [-0.2, 0) is 14.8 Å². The minimum atomic E-state index is -4.06. The molecule has 3 aromatic carbocycles. The molecular weight excluding hydrogens is 432 g/mol. The Kier molecular flexibility index (Phi) is 6.74. The van der Waals surface area contributed by atoms with Crippen molar-refractivity contribution < 1.29 is 18.1 Å². The van der Waals surface area contributed by atoms with Crippen LogP contribution in [0.25, 0.3) is 0 Å². The van der Waals surface area contributed by atoms with Gasteiger partial charge < -0.3 is 11.1 Å². The number of carbonyl (C=O) groups is 1. The van der Waals surface area contributed by atoms with E-state index in [1.54, 1.807) is 67.6 Å². The minimum absolute atomic E-state index is 0.0237. The van der Waals surface area contributed by atoms with Gasteiger partial charge in [-0.15, -0.1) is 0 Å². The second-order valence-corrected chi connectivity index (χ2v) is 8.69. The Bertz CT molecular complexity index is 1220. The van der Waals surface area contributed by atoms with E-state index in [1.165, 1.54) is 12.1 Å². The molecule has 32 heavy (non-hydrogen) atoms. The van der Waals surface area contributed by atoms with Crippen LogP contribution in [-0.4, -0.2) is 25.8 Å². The fraction of sp³-hybridized carbons (Fsp3) is 0.136. The summed E-state index contributed by atoms with van der Waals surface area (Å²) >= 11 is 0. The number of nitrogens with one attached hydrogen (secondary N) is 1. The number of benzene rings is 3. The maximum absolute atomic E-state index is 13.2. The van der Waals surface area contributed by atoms with E-state index in [0.29, 0.717) is 11.3 Å². The fourth-order valence-corrected chi connectivity index (χ4v) is 4.77. The van der Waals surface area contributed by atoms with Crippen LogP contribution >= 0.6 is 0 Å². The van der Waals surface area contributed by atoms with Gasteiger partial charge in [0, 0.05) is 12.6 Å². The van der Waals surface area contributed by atoms with Gasteiger partial charge in [0.1, 0.15) is 11.7 Å². The van der Waals surface area contributed by atoms with Crippen molar-refractivity contribution in [1.29, 1.82) is 0 Å². The van der Waals surface area contributed by atoms with Gasteiger partial charge in [0.2, 0.25) is 5.91 Å². The van der Waals surface area contributed by atoms with Gasteiger partial charge >= 0.3 is 0 Å². The molecular formula is C22H22N4O5S. The number of nitro benzene ring substituents is 1. The van der Waals surface area contributed by atoms with Crippen LogP contribution in [0.2, 0.25) is 0 Å². The molecule has 0 fully saturated rings. The van der Waals surface area contributed by atoms with E-state index in [9.17, 15) is 23.3 Å². The van der Waals surface area contributed by atoms with Crippen molar-refractivity contribution in [2.45, 2.75) is 17.9 Å². The number of hydrogen-bond donors (Lipinski definition) is 2. The number of sulfonamides is 1. The second kappa shape index (κ2) is 9.48.